The van der Waals surface area contributed by atoms with Crippen LogP contribution >= 0.6 is 0 Å². The van der Waals surface area contributed by atoms with Crippen LogP contribution in [0, 0.1) is 5.92 Å². The molecule has 2 aromatic carbocycles. The largest absolute Gasteiger partial charge is 0.382 e. The molecule has 0 radical (unpaired) electrons. The number of carbonyl (C=O) groups is 1. The van der Waals surface area contributed by atoms with Gasteiger partial charge in [-0.25, -0.2) is 0 Å². The van der Waals surface area contributed by atoms with Crippen LogP contribution in [0.4, 0.5) is 5.69 Å². The van der Waals surface area contributed by atoms with E-state index in [2.05, 4.69) is 60.2 Å². The summed E-state index contributed by atoms with van der Waals surface area (Å²) in [6.45, 7) is 5.97. The van der Waals surface area contributed by atoms with Crippen molar-refractivity contribution in [2.45, 2.75) is 57.0 Å². The van der Waals surface area contributed by atoms with Gasteiger partial charge in [-0.1, -0.05) is 56.2 Å². The van der Waals surface area contributed by atoms with E-state index in [0.717, 1.165) is 53.8 Å². The van der Waals surface area contributed by atoms with E-state index in [4.69, 9.17) is 5.73 Å². The van der Waals surface area contributed by atoms with Crippen LogP contribution in [0.25, 0.3) is 22.2 Å². The minimum Gasteiger partial charge on any atom is -0.382 e. The topological polar surface area (TPSA) is 63.3 Å². The zero-order chi connectivity index (χ0) is 24.4. The minimum absolute atomic E-state index is 0.0790. The molecule has 5 rings (SSSR count). The monoisotopic (exact) mass is 470 g/mol. The van der Waals surface area contributed by atoms with Gasteiger partial charge in [-0.15, -0.1) is 0 Å². The lowest BCUT2D eigenvalue weighted by molar-refractivity contribution is 0.0976. The fourth-order valence-electron chi connectivity index (χ4n) is 5.91. The highest BCUT2D eigenvalue weighted by Crippen LogP contribution is 2.36. The summed E-state index contributed by atoms with van der Waals surface area (Å²) in [5.41, 5.74) is 11.7. The van der Waals surface area contributed by atoms with Gasteiger partial charge in [0.1, 0.15) is 0 Å². The lowest BCUT2D eigenvalue weighted by Crippen LogP contribution is -2.36. The number of nitrogens with zero attached hydrogens (tertiary/aromatic N) is 2. The van der Waals surface area contributed by atoms with Crippen LogP contribution in [0.15, 0.2) is 61.2 Å². The number of benzene rings is 2. The molecule has 2 aliphatic rings. The predicted octanol–water partition coefficient (Wildman–Crippen LogP) is 6.22. The number of anilines is 1. The zero-order valence-corrected chi connectivity index (χ0v) is 20.9. The molecule has 1 unspecified atom stereocenters. The highest BCUT2D eigenvalue weighted by molar-refractivity contribution is 6.06. The average Bonchev–Trinajstić information content (AvgIpc) is 3.30. The number of fused-ring (bicyclic) bond motifs is 1. The number of carbonyl (C=O) groups excluding carboxylic acids is 1. The van der Waals surface area contributed by atoms with E-state index in [1.54, 1.807) is 4.57 Å². The maximum absolute atomic E-state index is 13.0. The molecule has 1 atom stereocenters. The summed E-state index contributed by atoms with van der Waals surface area (Å²) >= 11 is 0. The lowest BCUT2D eigenvalue weighted by atomic mass is 9.81. The van der Waals surface area contributed by atoms with E-state index in [1.165, 1.54) is 43.7 Å². The molecule has 2 heterocycles. The summed E-state index contributed by atoms with van der Waals surface area (Å²) in [4.78, 5) is 15.4. The Balaban J connectivity index is 1.48. The molecule has 5 nitrogen and oxygen atoms in total. The third-order valence-electron chi connectivity index (χ3n) is 8.07. The van der Waals surface area contributed by atoms with E-state index in [-0.39, 0.29) is 11.9 Å². The highest BCUT2D eigenvalue weighted by Gasteiger charge is 2.23. The van der Waals surface area contributed by atoms with Gasteiger partial charge in [-0.05, 0) is 87.1 Å². The van der Waals surface area contributed by atoms with Crippen molar-refractivity contribution in [1.29, 1.82) is 0 Å². The molecule has 1 saturated heterocycles. The first kappa shape index (κ1) is 23.8. The normalized spacial score (nSPS) is 19.0. The molecule has 35 heavy (non-hydrogen) atoms. The third-order valence-corrected chi connectivity index (χ3v) is 8.07. The number of hydrogen-bond acceptors (Lipinski definition) is 4. The zero-order valence-electron chi connectivity index (χ0n) is 20.9. The molecule has 3 N–H and O–H groups in total. The van der Waals surface area contributed by atoms with Crippen molar-refractivity contribution in [3.05, 3.63) is 66.7 Å². The van der Waals surface area contributed by atoms with Gasteiger partial charge in [-0.2, -0.15) is 0 Å². The van der Waals surface area contributed by atoms with Crippen LogP contribution in [-0.2, 0) is 0 Å². The molecule has 0 bridgehead atoms. The number of nitrogens with one attached hydrogen (secondary N) is 1. The number of rotatable bonds is 6. The standard InChI is InChI=1S/C30H38N4O/c1-3-29(35)34-27-11-7-10-26(32-24-16-18-33(2)19-17-24)25(27)20-28(34)21-12-14-23(15-13-21)30(31)22-8-5-4-6-9-22/h3,7,10-15,20,22,24,30,32H,1,4-6,8-9,16-19,31H2,2H3. The Bertz CT molecular complexity index is 1180. The van der Waals surface area contributed by atoms with Crippen LogP contribution in [0.1, 0.15) is 61.3 Å². The molecule has 1 aromatic heterocycles. The second-order valence-electron chi connectivity index (χ2n) is 10.4. The minimum atomic E-state index is -0.116. The predicted molar refractivity (Wildman–Crippen MR) is 146 cm³/mol. The quantitative estimate of drug-likeness (QED) is 0.420. The molecular formula is C30H38N4O. The van der Waals surface area contributed by atoms with Crippen molar-refractivity contribution in [3.8, 4) is 11.3 Å². The molecule has 5 heteroatoms. The van der Waals surface area contributed by atoms with E-state index in [1.807, 2.05) is 12.1 Å². The van der Waals surface area contributed by atoms with Crippen molar-refractivity contribution in [1.82, 2.24) is 9.47 Å². The first-order chi connectivity index (χ1) is 17.0. The average molecular weight is 471 g/mol. The summed E-state index contributed by atoms with van der Waals surface area (Å²) in [6, 6.07) is 17.4. The van der Waals surface area contributed by atoms with Gasteiger partial charge in [0.2, 0.25) is 0 Å². The molecule has 0 spiro atoms. The molecule has 3 aromatic rings. The summed E-state index contributed by atoms with van der Waals surface area (Å²) in [5.74, 6) is 0.450. The first-order valence-electron chi connectivity index (χ1n) is 13.2. The van der Waals surface area contributed by atoms with Gasteiger partial charge in [0.15, 0.2) is 0 Å². The van der Waals surface area contributed by atoms with Gasteiger partial charge in [0, 0.05) is 23.2 Å². The molecule has 1 aliphatic carbocycles. The Morgan fingerprint density at radius 3 is 2.46 bits per heavy atom. The van der Waals surface area contributed by atoms with Crippen molar-refractivity contribution in [3.63, 3.8) is 0 Å². The van der Waals surface area contributed by atoms with Crippen LogP contribution < -0.4 is 11.1 Å². The number of piperidine rings is 1. The van der Waals surface area contributed by atoms with E-state index in [9.17, 15) is 4.79 Å². The Labute approximate surface area is 209 Å². The van der Waals surface area contributed by atoms with Crippen molar-refractivity contribution < 1.29 is 4.79 Å². The smallest absolute Gasteiger partial charge is 0.254 e. The second kappa shape index (κ2) is 10.4. The lowest BCUT2D eigenvalue weighted by Gasteiger charge is -2.30. The van der Waals surface area contributed by atoms with E-state index >= 15 is 0 Å². The Morgan fingerprint density at radius 2 is 1.77 bits per heavy atom. The van der Waals surface area contributed by atoms with Gasteiger partial charge < -0.3 is 16.0 Å². The van der Waals surface area contributed by atoms with Gasteiger partial charge in [-0.3, -0.25) is 9.36 Å². The fourth-order valence-corrected chi connectivity index (χ4v) is 5.91. The van der Waals surface area contributed by atoms with Crippen LogP contribution in [0.3, 0.4) is 0 Å². The van der Waals surface area contributed by atoms with Crippen LogP contribution in [-0.4, -0.2) is 41.6 Å². The third kappa shape index (κ3) is 4.93. The summed E-state index contributed by atoms with van der Waals surface area (Å²) < 4.78 is 1.79. The van der Waals surface area contributed by atoms with E-state index < -0.39 is 0 Å². The number of hydrogen-bond donors (Lipinski definition) is 2. The Hall–Kier alpha value is -2.89. The molecule has 184 valence electrons. The number of allylic oxidation sites excluding steroid dienone is 1. The number of likely N-dealkylation sites (tertiary alicyclic amines) is 1. The Morgan fingerprint density at radius 1 is 1.06 bits per heavy atom. The van der Waals surface area contributed by atoms with Gasteiger partial charge in [0.05, 0.1) is 11.2 Å². The van der Waals surface area contributed by atoms with Crippen molar-refractivity contribution >= 4 is 22.5 Å². The second-order valence-corrected chi connectivity index (χ2v) is 10.4. The molecule has 1 saturated carbocycles. The molecule has 1 aliphatic heterocycles. The molecular weight excluding hydrogens is 432 g/mol. The fraction of sp³-hybridized carbons (Fsp3) is 0.433. The summed E-state index contributed by atoms with van der Waals surface area (Å²) in [7, 11) is 2.18. The summed E-state index contributed by atoms with van der Waals surface area (Å²) in [5, 5.41) is 4.83. The van der Waals surface area contributed by atoms with Gasteiger partial charge >= 0.3 is 0 Å². The maximum Gasteiger partial charge on any atom is 0.254 e. The highest BCUT2D eigenvalue weighted by atomic mass is 16.1. The number of nitrogens with two attached hydrogens (primary N) is 1. The van der Waals surface area contributed by atoms with E-state index in [0.29, 0.717) is 12.0 Å². The maximum atomic E-state index is 13.0. The Kier molecular flexibility index (Phi) is 7.07. The van der Waals surface area contributed by atoms with Crippen LogP contribution in [0.5, 0.6) is 0 Å². The molecule has 0 amide bonds. The van der Waals surface area contributed by atoms with Crippen molar-refractivity contribution in [2.24, 2.45) is 11.7 Å². The first-order valence-corrected chi connectivity index (χ1v) is 13.2. The number of aromatic nitrogens is 1. The molecule has 2 fully saturated rings. The van der Waals surface area contributed by atoms with Crippen LogP contribution in [0.2, 0.25) is 0 Å². The summed E-state index contributed by atoms with van der Waals surface area (Å²) in [6.07, 6.45) is 9.98. The van der Waals surface area contributed by atoms with Crippen molar-refractivity contribution in [2.75, 3.05) is 25.5 Å². The SMILES string of the molecule is C=CC(=O)n1c(-c2ccc(C(N)C3CCCCC3)cc2)cc2c(NC3CCN(C)CC3)cccc21. The van der Waals surface area contributed by atoms with Gasteiger partial charge in [0.25, 0.3) is 5.91 Å².